The second-order valence-electron chi connectivity index (χ2n) is 6.62. The molecule has 0 aromatic heterocycles. The minimum atomic E-state index is 0.341. The van der Waals surface area contributed by atoms with Crippen LogP contribution in [0.5, 0.6) is 0 Å². The van der Waals surface area contributed by atoms with Gasteiger partial charge in [0.25, 0.3) is 0 Å². The zero-order chi connectivity index (χ0) is 15.3. The smallest absolute Gasteiger partial charge is 0.0456 e. The lowest BCUT2D eigenvalue weighted by atomic mass is 9.84. The van der Waals surface area contributed by atoms with Crippen molar-refractivity contribution in [2.45, 2.75) is 87.0 Å². The van der Waals surface area contributed by atoms with E-state index in [4.69, 9.17) is 5.11 Å². The molecular weight excluding hydrogens is 232 g/mol. The highest BCUT2D eigenvalue weighted by atomic mass is 16.3. The van der Waals surface area contributed by atoms with Gasteiger partial charge < -0.3 is 5.11 Å². The van der Waals surface area contributed by atoms with Crippen LogP contribution in [0.25, 0.3) is 0 Å². The molecule has 0 heterocycles. The predicted octanol–water partition coefficient (Wildman–Crippen LogP) is 5.91. The van der Waals surface area contributed by atoms with Gasteiger partial charge in [-0.1, -0.05) is 80.6 Å². The average Bonchev–Trinajstić information content (AvgIpc) is 2.41. The van der Waals surface area contributed by atoms with Gasteiger partial charge >= 0.3 is 0 Å². The Morgan fingerprint density at radius 2 is 1.05 bits per heavy atom. The normalized spacial score (nSPS) is 17.1. The predicted molar refractivity (Wildman–Crippen MR) is 88.5 cm³/mol. The van der Waals surface area contributed by atoms with Gasteiger partial charge in [0.2, 0.25) is 0 Å². The van der Waals surface area contributed by atoms with Crippen LogP contribution in [0.4, 0.5) is 0 Å². The zero-order valence-electron chi connectivity index (χ0n) is 14.7. The molecule has 0 fully saturated rings. The molecule has 0 amide bonds. The lowest BCUT2D eigenvalue weighted by Crippen LogP contribution is -2.12. The molecular formula is C18H40O. The molecule has 4 unspecified atom stereocenters. The molecule has 0 aliphatic rings. The van der Waals surface area contributed by atoms with Crippen molar-refractivity contribution in [3.8, 4) is 0 Å². The third-order valence-corrected chi connectivity index (χ3v) is 4.21. The van der Waals surface area contributed by atoms with Crippen molar-refractivity contribution in [2.24, 2.45) is 23.7 Å². The van der Waals surface area contributed by atoms with Crippen LogP contribution in [0.1, 0.15) is 87.0 Å². The monoisotopic (exact) mass is 272 g/mol. The zero-order valence-corrected chi connectivity index (χ0v) is 14.7. The third-order valence-electron chi connectivity index (χ3n) is 4.21. The van der Waals surface area contributed by atoms with Gasteiger partial charge in [0.05, 0.1) is 0 Å². The van der Waals surface area contributed by atoms with E-state index in [-0.39, 0.29) is 0 Å². The Hall–Kier alpha value is -0.0400. The minimum absolute atomic E-state index is 0.341. The summed E-state index contributed by atoms with van der Waals surface area (Å²) in [5.41, 5.74) is 0. The SMILES string of the molecule is CCC.CCC(C)CCC(C)C(C)CCC(C)CO. The van der Waals surface area contributed by atoms with Crippen LogP contribution in [0, 0.1) is 23.7 Å². The fourth-order valence-electron chi connectivity index (χ4n) is 1.96. The van der Waals surface area contributed by atoms with Gasteiger partial charge in [0.15, 0.2) is 0 Å². The van der Waals surface area contributed by atoms with Crippen molar-refractivity contribution in [3.63, 3.8) is 0 Å². The van der Waals surface area contributed by atoms with Crippen LogP contribution >= 0.6 is 0 Å². The molecule has 0 aromatic rings. The lowest BCUT2D eigenvalue weighted by molar-refractivity contribution is 0.213. The molecule has 0 saturated heterocycles. The lowest BCUT2D eigenvalue weighted by Gasteiger charge is -2.22. The first-order valence-electron chi connectivity index (χ1n) is 8.53. The van der Waals surface area contributed by atoms with E-state index in [9.17, 15) is 0 Å². The minimum Gasteiger partial charge on any atom is -0.396 e. The van der Waals surface area contributed by atoms with Crippen molar-refractivity contribution in [1.82, 2.24) is 0 Å². The molecule has 0 aliphatic carbocycles. The first-order chi connectivity index (χ1) is 8.92. The molecule has 19 heavy (non-hydrogen) atoms. The summed E-state index contributed by atoms with van der Waals surface area (Å²) in [6, 6.07) is 0. The maximum Gasteiger partial charge on any atom is 0.0456 e. The summed E-state index contributed by atoms with van der Waals surface area (Å²) in [6.07, 6.45) is 7.73. The topological polar surface area (TPSA) is 20.2 Å². The summed E-state index contributed by atoms with van der Waals surface area (Å²) >= 11 is 0. The Morgan fingerprint density at radius 3 is 1.37 bits per heavy atom. The first kappa shape index (κ1) is 21.3. The van der Waals surface area contributed by atoms with E-state index in [1.165, 1.54) is 38.5 Å². The van der Waals surface area contributed by atoms with E-state index >= 15 is 0 Å². The molecule has 0 bridgehead atoms. The number of hydrogen-bond donors (Lipinski definition) is 1. The molecule has 0 aliphatic heterocycles. The quantitative estimate of drug-likeness (QED) is 0.553. The molecule has 4 atom stereocenters. The van der Waals surface area contributed by atoms with Crippen LogP contribution in [0.2, 0.25) is 0 Å². The number of aliphatic hydroxyl groups excluding tert-OH is 1. The summed E-state index contributed by atoms with van der Waals surface area (Å²) < 4.78 is 0. The first-order valence-corrected chi connectivity index (χ1v) is 8.53. The van der Waals surface area contributed by atoms with Crippen molar-refractivity contribution in [3.05, 3.63) is 0 Å². The van der Waals surface area contributed by atoms with E-state index < -0.39 is 0 Å². The van der Waals surface area contributed by atoms with Gasteiger partial charge in [0.1, 0.15) is 0 Å². The highest BCUT2D eigenvalue weighted by Gasteiger charge is 2.14. The van der Waals surface area contributed by atoms with Crippen LogP contribution in [0.15, 0.2) is 0 Å². The van der Waals surface area contributed by atoms with E-state index in [0.29, 0.717) is 12.5 Å². The molecule has 0 saturated carbocycles. The van der Waals surface area contributed by atoms with Crippen LogP contribution in [-0.4, -0.2) is 11.7 Å². The molecule has 118 valence electrons. The molecule has 1 N–H and O–H groups in total. The molecule has 0 spiro atoms. The fourth-order valence-corrected chi connectivity index (χ4v) is 1.96. The molecule has 0 aromatic carbocycles. The molecule has 0 rings (SSSR count). The third kappa shape index (κ3) is 14.2. The van der Waals surface area contributed by atoms with E-state index in [2.05, 4.69) is 48.5 Å². The summed E-state index contributed by atoms with van der Waals surface area (Å²) in [4.78, 5) is 0. The van der Waals surface area contributed by atoms with Crippen LogP contribution in [0.3, 0.4) is 0 Å². The van der Waals surface area contributed by atoms with Gasteiger partial charge in [-0.15, -0.1) is 0 Å². The fraction of sp³-hybridized carbons (Fsp3) is 1.00. The number of rotatable bonds is 9. The highest BCUT2D eigenvalue weighted by Crippen LogP contribution is 2.25. The molecule has 1 heteroatoms. The maximum absolute atomic E-state index is 8.99. The second kappa shape index (κ2) is 14.4. The summed E-state index contributed by atoms with van der Waals surface area (Å²) in [6.45, 7) is 16.1. The molecule has 1 nitrogen and oxygen atoms in total. The van der Waals surface area contributed by atoms with Crippen molar-refractivity contribution in [1.29, 1.82) is 0 Å². The van der Waals surface area contributed by atoms with Crippen LogP contribution in [-0.2, 0) is 0 Å². The van der Waals surface area contributed by atoms with E-state index in [0.717, 1.165) is 17.8 Å². The van der Waals surface area contributed by atoms with Crippen molar-refractivity contribution in [2.75, 3.05) is 6.61 Å². The van der Waals surface area contributed by atoms with Gasteiger partial charge in [-0.25, -0.2) is 0 Å². The Balaban J connectivity index is 0. The van der Waals surface area contributed by atoms with Gasteiger partial charge in [-0.3, -0.25) is 0 Å². The summed E-state index contributed by atoms with van der Waals surface area (Å²) in [5, 5.41) is 8.99. The largest absolute Gasteiger partial charge is 0.396 e. The Morgan fingerprint density at radius 1 is 0.684 bits per heavy atom. The van der Waals surface area contributed by atoms with E-state index in [1.54, 1.807) is 0 Å². The number of hydrogen-bond acceptors (Lipinski definition) is 1. The summed E-state index contributed by atoms with van der Waals surface area (Å²) in [7, 11) is 0. The van der Waals surface area contributed by atoms with Crippen LogP contribution < -0.4 is 0 Å². The summed E-state index contributed by atoms with van der Waals surface area (Å²) in [5.74, 6) is 2.99. The standard InChI is InChI=1S/C15H32O.C3H8/c1-6-12(2)7-9-14(4)15(5)10-8-13(3)11-16;1-3-2/h12-16H,6-11H2,1-5H3;3H2,1-2H3. The Kier molecular flexibility index (Phi) is 16.1. The molecule has 0 radical (unpaired) electrons. The maximum atomic E-state index is 8.99. The Bertz CT molecular complexity index is 149. The van der Waals surface area contributed by atoms with E-state index in [1.807, 2.05) is 0 Å². The number of aliphatic hydroxyl groups is 1. The second-order valence-corrected chi connectivity index (χ2v) is 6.62. The average molecular weight is 273 g/mol. The highest BCUT2D eigenvalue weighted by molar-refractivity contribution is 4.65. The Labute approximate surface area is 123 Å². The van der Waals surface area contributed by atoms with Crippen molar-refractivity contribution >= 4 is 0 Å². The van der Waals surface area contributed by atoms with Gasteiger partial charge in [-0.05, 0) is 30.1 Å². The van der Waals surface area contributed by atoms with Gasteiger partial charge in [-0.2, -0.15) is 0 Å². The van der Waals surface area contributed by atoms with Gasteiger partial charge in [0, 0.05) is 6.61 Å². The van der Waals surface area contributed by atoms with Crippen molar-refractivity contribution < 1.29 is 5.11 Å².